The molecule has 0 heterocycles. The van der Waals surface area contributed by atoms with Crippen LogP contribution in [0.3, 0.4) is 0 Å². The number of nitrogens with one attached hydrogen (secondary N) is 1. The Morgan fingerprint density at radius 3 is 2.21 bits per heavy atom. The van der Waals surface area contributed by atoms with Crippen LogP contribution in [-0.4, -0.2) is 25.3 Å². The SMILES string of the molecule is CCCN(CCC)c1ccc(/C=[NH+]/N=C(N)N)cc1. The van der Waals surface area contributed by atoms with Crippen LogP contribution in [0, 0.1) is 0 Å². The van der Waals surface area contributed by atoms with E-state index in [1.807, 2.05) is 12.1 Å². The van der Waals surface area contributed by atoms with Crippen LogP contribution < -0.4 is 21.5 Å². The van der Waals surface area contributed by atoms with E-state index in [0.29, 0.717) is 0 Å². The fourth-order valence-electron chi connectivity index (χ4n) is 1.87. The third-order valence-corrected chi connectivity index (χ3v) is 2.67. The second-order valence-electron chi connectivity index (χ2n) is 4.39. The minimum atomic E-state index is 0.0185. The lowest BCUT2D eigenvalue weighted by Gasteiger charge is -2.23. The van der Waals surface area contributed by atoms with E-state index in [9.17, 15) is 0 Å². The van der Waals surface area contributed by atoms with E-state index < -0.39 is 0 Å². The number of hydrogen-bond donors (Lipinski definition) is 3. The predicted molar refractivity (Wildman–Crippen MR) is 81.2 cm³/mol. The molecule has 1 rings (SSSR count). The van der Waals surface area contributed by atoms with Gasteiger partial charge in [-0.1, -0.05) is 13.8 Å². The summed E-state index contributed by atoms with van der Waals surface area (Å²) in [5, 5.41) is 6.39. The van der Waals surface area contributed by atoms with Gasteiger partial charge < -0.3 is 16.4 Å². The zero-order valence-electron chi connectivity index (χ0n) is 11.8. The van der Waals surface area contributed by atoms with E-state index in [0.717, 1.165) is 31.5 Å². The van der Waals surface area contributed by atoms with Gasteiger partial charge in [0.05, 0.1) is 0 Å². The molecule has 0 radical (unpaired) electrons. The van der Waals surface area contributed by atoms with Gasteiger partial charge in [0.2, 0.25) is 6.21 Å². The van der Waals surface area contributed by atoms with Crippen molar-refractivity contribution in [1.82, 2.24) is 0 Å². The molecule has 0 bridgehead atoms. The molecule has 0 aliphatic heterocycles. The number of nitrogens with two attached hydrogens (primary N) is 2. The molecule has 5 heteroatoms. The highest BCUT2D eigenvalue weighted by Gasteiger charge is 2.04. The Kier molecular flexibility index (Phi) is 6.43. The highest BCUT2D eigenvalue weighted by Crippen LogP contribution is 2.15. The van der Waals surface area contributed by atoms with Crippen LogP contribution in [0.1, 0.15) is 32.3 Å². The van der Waals surface area contributed by atoms with Gasteiger partial charge >= 0.3 is 0 Å². The Labute approximate surface area is 115 Å². The number of hydrazone groups is 1. The van der Waals surface area contributed by atoms with Gasteiger partial charge in [-0.05, 0) is 37.1 Å². The molecule has 0 aliphatic carbocycles. The Balaban J connectivity index is 2.74. The van der Waals surface area contributed by atoms with Gasteiger partial charge in [0, 0.05) is 29.4 Å². The predicted octanol–water partition coefficient (Wildman–Crippen LogP) is 0.000900. The smallest absolute Gasteiger partial charge is 0.256 e. The van der Waals surface area contributed by atoms with Gasteiger partial charge in [-0.2, -0.15) is 0 Å². The first-order valence-electron chi connectivity index (χ1n) is 6.69. The van der Waals surface area contributed by atoms with Crippen molar-refractivity contribution in [3.63, 3.8) is 0 Å². The van der Waals surface area contributed by atoms with Gasteiger partial charge in [-0.15, -0.1) is 5.10 Å². The van der Waals surface area contributed by atoms with E-state index in [1.165, 1.54) is 5.69 Å². The summed E-state index contributed by atoms with van der Waals surface area (Å²) in [4.78, 5) is 2.40. The lowest BCUT2D eigenvalue weighted by molar-refractivity contribution is -0.456. The van der Waals surface area contributed by atoms with Crippen LogP contribution in [-0.2, 0) is 0 Å². The summed E-state index contributed by atoms with van der Waals surface area (Å²) in [6, 6.07) is 8.33. The molecule has 0 aliphatic rings. The standard InChI is InChI=1S/C14H23N5/c1-3-9-19(10-4-2)13-7-5-12(6-8-13)11-17-18-14(15)16/h5-8,11H,3-4,9-10H2,1-2H3,(H4,15,16,18)/p+1/b17-11+. The van der Waals surface area contributed by atoms with Gasteiger partial charge in [-0.3, -0.25) is 0 Å². The Morgan fingerprint density at radius 2 is 1.74 bits per heavy atom. The molecule has 0 unspecified atom stereocenters. The van der Waals surface area contributed by atoms with Crippen LogP contribution in [0.5, 0.6) is 0 Å². The van der Waals surface area contributed by atoms with Crippen LogP contribution in [0.25, 0.3) is 0 Å². The molecule has 1 aromatic rings. The fraction of sp³-hybridized carbons (Fsp3) is 0.429. The topological polar surface area (TPSA) is 81.6 Å². The summed E-state index contributed by atoms with van der Waals surface area (Å²) in [6.45, 7) is 6.57. The molecule has 5 N–H and O–H groups in total. The van der Waals surface area contributed by atoms with E-state index in [1.54, 1.807) is 6.21 Å². The summed E-state index contributed by atoms with van der Waals surface area (Å²) < 4.78 is 0. The van der Waals surface area contributed by atoms with Gasteiger partial charge in [0.25, 0.3) is 5.96 Å². The summed E-state index contributed by atoms with van der Waals surface area (Å²) in [5.74, 6) is 0.0185. The minimum absolute atomic E-state index is 0.0185. The van der Waals surface area contributed by atoms with Crippen LogP contribution in [0.2, 0.25) is 0 Å². The minimum Gasteiger partial charge on any atom is -0.372 e. The van der Waals surface area contributed by atoms with Crippen molar-refractivity contribution in [1.29, 1.82) is 0 Å². The van der Waals surface area contributed by atoms with Crippen molar-refractivity contribution >= 4 is 17.9 Å². The summed E-state index contributed by atoms with van der Waals surface area (Å²) in [7, 11) is 0. The first-order valence-corrected chi connectivity index (χ1v) is 6.69. The Bertz CT molecular complexity index is 412. The molecule has 104 valence electrons. The molecule has 0 aromatic heterocycles. The van der Waals surface area contributed by atoms with E-state index in [-0.39, 0.29) is 5.96 Å². The molecule has 0 atom stereocenters. The third-order valence-electron chi connectivity index (χ3n) is 2.67. The number of anilines is 1. The Morgan fingerprint density at radius 1 is 1.16 bits per heavy atom. The summed E-state index contributed by atoms with van der Waals surface area (Å²) in [6.07, 6.45) is 4.06. The first-order chi connectivity index (χ1) is 9.17. The fourth-order valence-corrected chi connectivity index (χ4v) is 1.87. The molecule has 19 heavy (non-hydrogen) atoms. The van der Waals surface area contributed by atoms with Crippen molar-refractivity contribution in [2.45, 2.75) is 26.7 Å². The highest BCUT2D eigenvalue weighted by molar-refractivity contribution is 5.77. The molecule has 0 saturated heterocycles. The van der Waals surface area contributed by atoms with Gasteiger partial charge in [0.1, 0.15) is 0 Å². The van der Waals surface area contributed by atoms with Crippen molar-refractivity contribution in [3.05, 3.63) is 29.8 Å². The largest absolute Gasteiger partial charge is 0.372 e. The van der Waals surface area contributed by atoms with Crippen molar-refractivity contribution in [2.75, 3.05) is 18.0 Å². The van der Waals surface area contributed by atoms with Crippen molar-refractivity contribution < 1.29 is 5.10 Å². The molecule has 0 spiro atoms. The molecule has 0 fully saturated rings. The van der Waals surface area contributed by atoms with E-state index >= 15 is 0 Å². The third kappa shape index (κ3) is 5.42. The van der Waals surface area contributed by atoms with Crippen molar-refractivity contribution in [2.24, 2.45) is 16.6 Å². The maximum absolute atomic E-state index is 5.23. The van der Waals surface area contributed by atoms with Crippen molar-refractivity contribution in [3.8, 4) is 0 Å². The van der Waals surface area contributed by atoms with E-state index in [4.69, 9.17) is 11.5 Å². The number of benzene rings is 1. The zero-order valence-corrected chi connectivity index (χ0v) is 11.8. The summed E-state index contributed by atoms with van der Waals surface area (Å²) >= 11 is 0. The van der Waals surface area contributed by atoms with Crippen LogP contribution in [0.4, 0.5) is 5.69 Å². The molecular weight excluding hydrogens is 238 g/mol. The molecule has 0 saturated carbocycles. The van der Waals surface area contributed by atoms with Crippen LogP contribution in [0.15, 0.2) is 29.4 Å². The highest BCUT2D eigenvalue weighted by atomic mass is 15.3. The number of hydrogen-bond acceptors (Lipinski definition) is 2. The second-order valence-corrected chi connectivity index (χ2v) is 4.39. The maximum Gasteiger partial charge on any atom is 0.256 e. The molecule has 5 nitrogen and oxygen atoms in total. The number of nitrogens with zero attached hydrogens (tertiary/aromatic N) is 2. The number of rotatable bonds is 7. The summed E-state index contributed by atoms with van der Waals surface area (Å²) in [5.41, 5.74) is 12.7. The second kappa shape index (κ2) is 8.13. The first kappa shape index (κ1) is 15.0. The zero-order chi connectivity index (χ0) is 14.1. The average molecular weight is 262 g/mol. The normalized spacial score (nSPS) is 10.6. The molecular formula is C14H24N5+. The maximum atomic E-state index is 5.23. The molecule has 1 aromatic carbocycles. The number of guanidine groups is 1. The quantitative estimate of drug-likeness (QED) is 0.367. The monoisotopic (exact) mass is 262 g/mol. The van der Waals surface area contributed by atoms with E-state index in [2.05, 4.69) is 41.1 Å². The average Bonchev–Trinajstić information content (AvgIpc) is 2.39. The lowest BCUT2D eigenvalue weighted by Crippen LogP contribution is -2.63. The Hall–Kier alpha value is -2.04. The van der Waals surface area contributed by atoms with Gasteiger partial charge in [-0.25, -0.2) is 0 Å². The molecule has 0 amide bonds. The lowest BCUT2D eigenvalue weighted by atomic mass is 10.2. The van der Waals surface area contributed by atoms with Gasteiger partial charge in [0.15, 0.2) is 0 Å². The van der Waals surface area contributed by atoms with Crippen LogP contribution >= 0.6 is 0 Å².